The first-order chi connectivity index (χ1) is 8.34. The SMILES string of the molecule is COc1ccc(C(O)CNC(=O)C(C)(C)N)cc1. The van der Waals surface area contributed by atoms with E-state index in [-0.39, 0.29) is 12.5 Å². The summed E-state index contributed by atoms with van der Waals surface area (Å²) >= 11 is 0. The minimum atomic E-state index is -0.945. The third-order valence-corrected chi connectivity index (χ3v) is 2.54. The molecule has 0 aromatic heterocycles. The van der Waals surface area contributed by atoms with Crippen LogP contribution in [0.25, 0.3) is 0 Å². The Morgan fingerprint density at radius 3 is 2.44 bits per heavy atom. The number of carbonyl (C=O) groups is 1. The first-order valence-electron chi connectivity index (χ1n) is 5.74. The lowest BCUT2D eigenvalue weighted by atomic mass is 10.1. The zero-order valence-corrected chi connectivity index (χ0v) is 10.9. The van der Waals surface area contributed by atoms with Crippen LogP contribution in [0.2, 0.25) is 0 Å². The van der Waals surface area contributed by atoms with E-state index in [1.165, 1.54) is 0 Å². The van der Waals surface area contributed by atoms with Crippen LogP contribution in [0.4, 0.5) is 0 Å². The highest BCUT2D eigenvalue weighted by atomic mass is 16.5. The summed E-state index contributed by atoms with van der Waals surface area (Å²) in [7, 11) is 1.58. The predicted molar refractivity (Wildman–Crippen MR) is 69.2 cm³/mol. The van der Waals surface area contributed by atoms with Crippen LogP contribution in [0, 0.1) is 0 Å². The van der Waals surface area contributed by atoms with Gasteiger partial charge in [-0.15, -0.1) is 0 Å². The normalized spacial score (nSPS) is 12.9. The van der Waals surface area contributed by atoms with Crippen molar-refractivity contribution in [1.82, 2.24) is 5.32 Å². The molecular weight excluding hydrogens is 232 g/mol. The van der Waals surface area contributed by atoms with Gasteiger partial charge in [0, 0.05) is 6.54 Å². The highest BCUT2D eigenvalue weighted by molar-refractivity contribution is 5.85. The molecule has 0 aliphatic rings. The van der Waals surface area contributed by atoms with Crippen molar-refractivity contribution in [2.75, 3.05) is 13.7 Å². The van der Waals surface area contributed by atoms with Crippen molar-refractivity contribution in [3.8, 4) is 5.75 Å². The first-order valence-corrected chi connectivity index (χ1v) is 5.74. The van der Waals surface area contributed by atoms with E-state index in [4.69, 9.17) is 10.5 Å². The Bertz CT molecular complexity index is 396. The van der Waals surface area contributed by atoms with Crippen LogP contribution in [0.1, 0.15) is 25.5 Å². The van der Waals surface area contributed by atoms with Gasteiger partial charge in [-0.2, -0.15) is 0 Å². The largest absolute Gasteiger partial charge is 0.497 e. The number of hydrogen-bond donors (Lipinski definition) is 3. The molecule has 0 saturated carbocycles. The average Bonchev–Trinajstić information content (AvgIpc) is 2.34. The minimum absolute atomic E-state index is 0.131. The second kappa shape index (κ2) is 5.84. The number of nitrogens with two attached hydrogens (primary N) is 1. The molecule has 0 aliphatic heterocycles. The fraction of sp³-hybridized carbons (Fsp3) is 0.462. The Morgan fingerprint density at radius 1 is 1.44 bits per heavy atom. The fourth-order valence-corrected chi connectivity index (χ4v) is 1.36. The molecule has 1 unspecified atom stereocenters. The van der Waals surface area contributed by atoms with E-state index in [9.17, 15) is 9.90 Å². The van der Waals surface area contributed by atoms with E-state index in [1.807, 2.05) is 0 Å². The number of benzene rings is 1. The number of methoxy groups -OCH3 is 1. The Morgan fingerprint density at radius 2 is 2.00 bits per heavy atom. The number of aliphatic hydroxyl groups excluding tert-OH is 1. The lowest BCUT2D eigenvalue weighted by Gasteiger charge is -2.19. The fourth-order valence-electron chi connectivity index (χ4n) is 1.36. The maximum Gasteiger partial charge on any atom is 0.239 e. The standard InChI is InChI=1S/C13H20N2O3/c1-13(2,14)12(17)15-8-11(16)9-4-6-10(18-3)7-5-9/h4-7,11,16H,8,14H2,1-3H3,(H,15,17). The number of hydrogen-bond acceptors (Lipinski definition) is 4. The van der Waals surface area contributed by atoms with Gasteiger partial charge in [-0.25, -0.2) is 0 Å². The van der Waals surface area contributed by atoms with Gasteiger partial charge in [0.05, 0.1) is 18.8 Å². The molecule has 1 atom stereocenters. The molecule has 18 heavy (non-hydrogen) atoms. The highest BCUT2D eigenvalue weighted by Gasteiger charge is 2.22. The zero-order valence-electron chi connectivity index (χ0n) is 10.9. The Balaban J connectivity index is 2.55. The quantitative estimate of drug-likeness (QED) is 0.715. The molecule has 4 N–H and O–H groups in total. The molecule has 100 valence electrons. The molecule has 1 amide bonds. The van der Waals surface area contributed by atoms with Crippen LogP contribution in [-0.4, -0.2) is 30.2 Å². The third-order valence-electron chi connectivity index (χ3n) is 2.54. The number of rotatable bonds is 5. The first kappa shape index (κ1) is 14.5. The number of aliphatic hydroxyl groups is 1. The second-order valence-electron chi connectivity index (χ2n) is 4.72. The van der Waals surface area contributed by atoms with Gasteiger partial charge in [-0.3, -0.25) is 4.79 Å². The van der Waals surface area contributed by atoms with Gasteiger partial charge in [-0.1, -0.05) is 12.1 Å². The third kappa shape index (κ3) is 4.01. The second-order valence-corrected chi connectivity index (χ2v) is 4.72. The maximum atomic E-state index is 11.5. The number of amides is 1. The number of ether oxygens (including phenoxy) is 1. The summed E-state index contributed by atoms with van der Waals surface area (Å²) in [6.45, 7) is 3.36. The summed E-state index contributed by atoms with van der Waals surface area (Å²) in [5, 5.41) is 12.5. The molecule has 0 bridgehead atoms. The minimum Gasteiger partial charge on any atom is -0.497 e. The molecule has 0 saturated heterocycles. The molecule has 5 heteroatoms. The number of nitrogens with one attached hydrogen (secondary N) is 1. The molecule has 5 nitrogen and oxygen atoms in total. The van der Waals surface area contributed by atoms with Gasteiger partial charge < -0.3 is 20.9 Å². The van der Waals surface area contributed by atoms with Crippen molar-refractivity contribution in [2.45, 2.75) is 25.5 Å². The molecule has 1 rings (SSSR count). The molecule has 1 aromatic carbocycles. The van der Waals surface area contributed by atoms with Crippen molar-refractivity contribution in [2.24, 2.45) is 5.73 Å². The summed E-state index contributed by atoms with van der Waals surface area (Å²) in [6.07, 6.45) is -0.762. The van der Waals surface area contributed by atoms with Crippen molar-refractivity contribution < 1.29 is 14.6 Å². The molecule has 0 spiro atoms. The van der Waals surface area contributed by atoms with E-state index in [0.717, 1.165) is 5.75 Å². The molecule has 0 radical (unpaired) electrons. The van der Waals surface area contributed by atoms with Crippen molar-refractivity contribution >= 4 is 5.91 Å². The predicted octanol–water partition coefficient (Wildman–Crippen LogP) is 0.582. The van der Waals surface area contributed by atoms with Crippen molar-refractivity contribution in [1.29, 1.82) is 0 Å². The summed E-state index contributed by atoms with van der Waals surface area (Å²) in [5.41, 5.74) is 5.40. The Hall–Kier alpha value is -1.59. The molecular formula is C13H20N2O3. The van der Waals surface area contributed by atoms with E-state index in [0.29, 0.717) is 5.56 Å². The van der Waals surface area contributed by atoms with Gasteiger partial charge in [-0.05, 0) is 31.5 Å². The lowest BCUT2D eigenvalue weighted by molar-refractivity contribution is -0.125. The van der Waals surface area contributed by atoms with Gasteiger partial charge in [0.2, 0.25) is 5.91 Å². The summed E-state index contributed by atoms with van der Waals surface area (Å²) < 4.78 is 5.02. The van der Waals surface area contributed by atoms with Crippen molar-refractivity contribution in [3.05, 3.63) is 29.8 Å². The van der Waals surface area contributed by atoms with Crippen LogP contribution < -0.4 is 15.8 Å². The molecule has 0 heterocycles. The highest BCUT2D eigenvalue weighted by Crippen LogP contribution is 2.17. The smallest absolute Gasteiger partial charge is 0.239 e. The number of carbonyl (C=O) groups excluding carboxylic acids is 1. The van der Waals surface area contributed by atoms with Gasteiger partial charge >= 0.3 is 0 Å². The van der Waals surface area contributed by atoms with E-state index < -0.39 is 11.6 Å². The van der Waals surface area contributed by atoms with Crippen LogP contribution >= 0.6 is 0 Å². The summed E-state index contributed by atoms with van der Waals surface area (Å²) in [4.78, 5) is 11.5. The van der Waals surface area contributed by atoms with Gasteiger partial charge in [0.1, 0.15) is 5.75 Å². The van der Waals surface area contributed by atoms with E-state index in [2.05, 4.69) is 5.32 Å². The van der Waals surface area contributed by atoms with Crippen molar-refractivity contribution in [3.63, 3.8) is 0 Å². The Labute approximate surface area is 107 Å². The summed E-state index contributed by atoms with van der Waals surface area (Å²) in [5.74, 6) is 0.424. The molecule has 0 aliphatic carbocycles. The molecule has 0 fully saturated rings. The van der Waals surface area contributed by atoms with Crippen LogP contribution in [-0.2, 0) is 4.79 Å². The Kier molecular flexibility index (Phi) is 4.69. The van der Waals surface area contributed by atoms with Crippen LogP contribution in [0.3, 0.4) is 0 Å². The van der Waals surface area contributed by atoms with Crippen LogP contribution in [0.15, 0.2) is 24.3 Å². The van der Waals surface area contributed by atoms with E-state index >= 15 is 0 Å². The molecule has 1 aromatic rings. The zero-order chi connectivity index (χ0) is 13.8. The summed E-state index contributed by atoms with van der Waals surface area (Å²) in [6, 6.07) is 7.02. The topological polar surface area (TPSA) is 84.6 Å². The average molecular weight is 252 g/mol. The van der Waals surface area contributed by atoms with Crippen LogP contribution in [0.5, 0.6) is 5.75 Å². The lowest BCUT2D eigenvalue weighted by Crippen LogP contribution is -2.49. The maximum absolute atomic E-state index is 11.5. The van der Waals surface area contributed by atoms with Gasteiger partial charge in [0.15, 0.2) is 0 Å². The van der Waals surface area contributed by atoms with Gasteiger partial charge in [0.25, 0.3) is 0 Å². The monoisotopic (exact) mass is 252 g/mol. The van der Waals surface area contributed by atoms with E-state index in [1.54, 1.807) is 45.2 Å².